The van der Waals surface area contributed by atoms with Gasteiger partial charge in [-0.1, -0.05) is 53.8 Å². The minimum atomic E-state index is 0.766. The number of fused-ring (bicyclic) bond motifs is 2. The SMILES string of the molecule is c1ccc(Cn2/c(=N/c3ccc4c(c3)[N]N=N4)sc3ccccc32)cc1. The summed E-state index contributed by atoms with van der Waals surface area (Å²) in [6.45, 7) is 0.781. The van der Waals surface area contributed by atoms with Crippen LogP contribution in [-0.2, 0) is 6.54 Å². The summed E-state index contributed by atoms with van der Waals surface area (Å²) in [7, 11) is 0. The molecular formula is C20H14N5S. The van der Waals surface area contributed by atoms with Crippen molar-refractivity contribution in [1.29, 1.82) is 0 Å². The van der Waals surface area contributed by atoms with Crippen molar-refractivity contribution >= 4 is 38.6 Å². The van der Waals surface area contributed by atoms with Crippen LogP contribution in [0.4, 0.5) is 17.1 Å². The first-order chi connectivity index (χ1) is 12.9. The van der Waals surface area contributed by atoms with Gasteiger partial charge in [0.15, 0.2) is 4.80 Å². The summed E-state index contributed by atoms with van der Waals surface area (Å²) < 4.78 is 3.48. The van der Waals surface area contributed by atoms with Crippen molar-refractivity contribution in [3.8, 4) is 0 Å². The van der Waals surface area contributed by atoms with Crippen molar-refractivity contribution in [2.45, 2.75) is 6.54 Å². The average molecular weight is 356 g/mol. The summed E-state index contributed by atoms with van der Waals surface area (Å²) in [6, 6.07) is 24.6. The lowest BCUT2D eigenvalue weighted by Crippen LogP contribution is -2.15. The summed E-state index contributed by atoms with van der Waals surface area (Å²) in [5.74, 6) is 0. The fraction of sp³-hybridized carbons (Fsp3) is 0.0500. The van der Waals surface area contributed by atoms with Crippen LogP contribution in [0.3, 0.4) is 0 Å². The molecule has 0 aliphatic carbocycles. The Bertz CT molecular complexity index is 1190. The molecule has 1 aromatic heterocycles. The Hall–Kier alpha value is -3.25. The third-order valence-electron chi connectivity index (χ3n) is 4.26. The molecule has 0 saturated heterocycles. The van der Waals surface area contributed by atoms with E-state index in [9.17, 15) is 0 Å². The Morgan fingerprint density at radius 1 is 0.885 bits per heavy atom. The number of hydrogen-bond acceptors (Lipinski definition) is 4. The largest absolute Gasteiger partial charge is 0.312 e. The van der Waals surface area contributed by atoms with Crippen LogP contribution in [0.1, 0.15) is 5.56 Å². The number of thiazole rings is 1. The molecule has 0 bridgehead atoms. The zero-order chi connectivity index (χ0) is 17.3. The summed E-state index contributed by atoms with van der Waals surface area (Å²) in [4.78, 5) is 5.85. The quantitative estimate of drug-likeness (QED) is 0.482. The van der Waals surface area contributed by atoms with Gasteiger partial charge in [-0.05, 0) is 41.1 Å². The van der Waals surface area contributed by atoms with Gasteiger partial charge < -0.3 is 4.57 Å². The highest BCUT2D eigenvalue weighted by molar-refractivity contribution is 7.16. The topological polar surface area (TPSA) is 56.1 Å². The Labute approximate surface area is 154 Å². The van der Waals surface area contributed by atoms with E-state index in [1.165, 1.54) is 15.8 Å². The van der Waals surface area contributed by atoms with E-state index in [0.717, 1.165) is 28.4 Å². The van der Waals surface area contributed by atoms with Crippen LogP contribution in [-0.4, -0.2) is 4.57 Å². The monoisotopic (exact) mass is 356 g/mol. The molecule has 26 heavy (non-hydrogen) atoms. The van der Waals surface area contributed by atoms with E-state index in [2.05, 4.69) is 68.9 Å². The van der Waals surface area contributed by atoms with Gasteiger partial charge in [0.25, 0.3) is 0 Å². The van der Waals surface area contributed by atoms with E-state index in [-0.39, 0.29) is 0 Å². The van der Waals surface area contributed by atoms with Crippen LogP contribution >= 0.6 is 11.3 Å². The van der Waals surface area contributed by atoms with Gasteiger partial charge in [-0.25, -0.2) is 4.99 Å². The molecule has 6 heteroatoms. The highest BCUT2D eigenvalue weighted by Crippen LogP contribution is 2.33. The molecule has 1 aliphatic rings. The van der Waals surface area contributed by atoms with Crippen LogP contribution in [0.15, 0.2) is 88.1 Å². The van der Waals surface area contributed by atoms with Gasteiger partial charge in [-0.15, -0.1) is 10.5 Å². The van der Waals surface area contributed by atoms with E-state index in [4.69, 9.17) is 4.99 Å². The second-order valence-electron chi connectivity index (χ2n) is 6.00. The average Bonchev–Trinajstić information content (AvgIpc) is 3.27. The molecule has 1 aliphatic heterocycles. The van der Waals surface area contributed by atoms with Gasteiger partial charge in [-0.3, -0.25) is 0 Å². The predicted octanol–water partition coefficient (Wildman–Crippen LogP) is 5.23. The molecule has 0 N–H and O–H groups in total. The number of hydrogen-bond donors (Lipinski definition) is 0. The van der Waals surface area contributed by atoms with Gasteiger partial charge in [0, 0.05) is 0 Å². The van der Waals surface area contributed by atoms with Crippen molar-refractivity contribution in [2.24, 2.45) is 15.3 Å². The molecule has 0 spiro atoms. The highest BCUT2D eigenvalue weighted by Gasteiger charge is 2.11. The highest BCUT2D eigenvalue weighted by atomic mass is 32.1. The van der Waals surface area contributed by atoms with Crippen LogP contribution in [0.2, 0.25) is 0 Å². The number of para-hydroxylation sites is 1. The van der Waals surface area contributed by atoms with E-state index >= 15 is 0 Å². The van der Waals surface area contributed by atoms with Crippen LogP contribution in [0, 0.1) is 0 Å². The maximum atomic E-state index is 4.89. The second kappa shape index (κ2) is 6.24. The van der Waals surface area contributed by atoms with Crippen molar-refractivity contribution in [1.82, 2.24) is 9.99 Å². The first-order valence-corrected chi connectivity index (χ1v) is 9.11. The number of aromatic nitrogens is 1. The summed E-state index contributed by atoms with van der Waals surface area (Å²) in [6.07, 6.45) is 0. The fourth-order valence-corrected chi connectivity index (χ4v) is 4.05. The van der Waals surface area contributed by atoms with Crippen LogP contribution in [0.25, 0.3) is 10.2 Å². The molecule has 0 saturated carbocycles. The Balaban J connectivity index is 1.66. The number of nitrogens with zero attached hydrogens (tertiary/aromatic N) is 5. The molecule has 125 valence electrons. The second-order valence-corrected chi connectivity index (χ2v) is 7.01. The molecule has 5 rings (SSSR count). The first-order valence-electron chi connectivity index (χ1n) is 8.30. The summed E-state index contributed by atoms with van der Waals surface area (Å²) in [5, 5.41) is 7.68. The molecule has 0 atom stereocenters. The molecule has 4 aromatic rings. The Morgan fingerprint density at radius 3 is 2.65 bits per heavy atom. The molecule has 1 radical (unpaired) electrons. The molecule has 5 nitrogen and oxygen atoms in total. The van der Waals surface area contributed by atoms with Crippen LogP contribution in [0.5, 0.6) is 0 Å². The van der Waals surface area contributed by atoms with Crippen molar-refractivity contribution in [3.05, 3.63) is 83.2 Å². The number of rotatable bonds is 3. The maximum absolute atomic E-state index is 4.89. The van der Waals surface area contributed by atoms with Gasteiger partial charge in [0.2, 0.25) is 0 Å². The van der Waals surface area contributed by atoms with Crippen molar-refractivity contribution < 1.29 is 0 Å². The molecule has 3 aromatic carbocycles. The normalized spacial score (nSPS) is 13.2. The standard InChI is InChI=1S/C20H14N5S/c1-2-6-14(7-3-1)13-25-18-8-4-5-9-19(18)26-20(25)21-15-10-11-16-17(12-15)23-24-22-16/h1-12H,13H2/b21-20-. The van der Waals surface area contributed by atoms with E-state index < -0.39 is 0 Å². The third-order valence-corrected chi connectivity index (χ3v) is 5.32. The minimum absolute atomic E-state index is 0.766. The third kappa shape index (κ3) is 2.70. The Morgan fingerprint density at radius 2 is 1.73 bits per heavy atom. The maximum Gasteiger partial charge on any atom is 0.191 e. The van der Waals surface area contributed by atoms with Gasteiger partial charge >= 0.3 is 0 Å². The van der Waals surface area contributed by atoms with Crippen molar-refractivity contribution in [3.63, 3.8) is 0 Å². The van der Waals surface area contributed by atoms with Crippen molar-refractivity contribution in [2.75, 3.05) is 0 Å². The zero-order valence-electron chi connectivity index (χ0n) is 13.8. The van der Waals surface area contributed by atoms with E-state index in [1.54, 1.807) is 11.3 Å². The molecule has 0 amide bonds. The lowest BCUT2D eigenvalue weighted by atomic mass is 10.2. The van der Waals surface area contributed by atoms with E-state index in [0.29, 0.717) is 0 Å². The predicted molar refractivity (Wildman–Crippen MR) is 103 cm³/mol. The lowest BCUT2D eigenvalue weighted by Gasteiger charge is -2.05. The number of benzene rings is 3. The minimum Gasteiger partial charge on any atom is -0.312 e. The smallest absolute Gasteiger partial charge is 0.191 e. The molecule has 2 heterocycles. The molecule has 0 fully saturated rings. The summed E-state index contributed by atoms with van der Waals surface area (Å²) in [5.41, 5.74) is 8.88. The Kier molecular flexibility index (Phi) is 3.61. The van der Waals surface area contributed by atoms with E-state index in [1.807, 2.05) is 24.3 Å². The van der Waals surface area contributed by atoms with Gasteiger partial charge in [0.1, 0.15) is 11.4 Å². The van der Waals surface area contributed by atoms with Gasteiger partial charge in [-0.2, -0.15) is 0 Å². The van der Waals surface area contributed by atoms with Crippen LogP contribution < -0.4 is 10.2 Å². The first kappa shape index (κ1) is 15.0. The fourth-order valence-electron chi connectivity index (χ4n) is 3.00. The lowest BCUT2D eigenvalue weighted by molar-refractivity contribution is 0.800. The van der Waals surface area contributed by atoms with Gasteiger partial charge in [0.05, 0.1) is 22.4 Å². The summed E-state index contributed by atoms with van der Waals surface area (Å²) >= 11 is 1.69. The molecule has 0 unspecified atom stereocenters. The molecular weight excluding hydrogens is 342 g/mol. The zero-order valence-corrected chi connectivity index (χ0v) is 14.6.